The number of hydrogen-bond donors (Lipinski definition) is 1. The molecule has 4 rings (SSSR count). The highest BCUT2D eigenvalue weighted by molar-refractivity contribution is 14.1. The Morgan fingerprint density at radius 2 is 1.69 bits per heavy atom. The minimum Gasteiger partial charge on any atom is -0.493 e. The summed E-state index contributed by atoms with van der Waals surface area (Å²) < 4.78 is 12.1. The van der Waals surface area contributed by atoms with Crippen LogP contribution >= 0.6 is 45.8 Å². The summed E-state index contributed by atoms with van der Waals surface area (Å²) in [5.41, 5.74) is 2.28. The Morgan fingerprint density at radius 1 is 1.03 bits per heavy atom. The van der Waals surface area contributed by atoms with E-state index in [9.17, 15) is 14.4 Å². The van der Waals surface area contributed by atoms with Crippen LogP contribution in [0.15, 0.2) is 60.2 Å². The lowest BCUT2D eigenvalue weighted by Crippen LogP contribution is -2.54. The summed E-state index contributed by atoms with van der Waals surface area (Å²) in [6, 6.07) is 14.6. The van der Waals surface area contributed by atoms with Gasteiger partial charge in [-0.1, -0.05) is 47.0 Å². The van der Waals surface area contributed by atoms with Crippen molar-refractivity contribution in [1.82, 2.24) is 5.32 Å². The maximum absolute atomic E-state index is 13.2. The number of carbonyl (C=O) groups excluding carboxylic acids is 3. The van der Waals surface area contributed by atoms with Gasteiger partial charge in [-0.3, -0.25) is 14.9 Å². The zero-order chi connectivity index (χ0) is 26.0. The molecular formula is C26H19Cl2IN2O5. The Labute approximate surface area is 231 Å². The van der Waals surface area contributed by atoms with Crippen molar-refractivity contribution in [1.29, 1.82) is 0 Å². The van der Waals surface area contributed by atoms with Crippen molar-refractivity contribution >= 4 is 75.4 Å². The van der Waals surface area contributed by atoms with Crippen molar-refractivity contribution < 1.29 is 23.9 Å². The fourth-order valence-corrected chi connectivity index (χ4v) is 4.82. The van der Waals surface area contributed by atoms with Crippen molar-refractivity contribution in [3.8, 4) is 11.5 Å². The first-order valence-electron chi connectivity index (χ1n) is 10.6. The normalized spacial score (nSPS) is 14.8. The monoisotopic (exact) mass is 636 g/mol. The van der Waals surface area contributed by atoms with Crippen LogP contribution in [0.4, 0.5) is 10.5 Å². The molecule has 1 fully saturated rings. The molecule has 10 heteroatoms. The van der Waals surface area contributed by atoms with Gasteiger partial charge in [0.2, 0.25) is 0 Å². The number of barbiturate groups is 1. The van der Waals surface area contributed by atoms with Crippen LogP contribution in [-0.4, -0.2) is 25.0 Å². The van der Waals surface area contributed by atoms with Crippen molar-refractivity contribution in [3.63, 3.8) is 0 Å². The number of aryl methyl sites for hydroxylation is 1. The van der Waals surface area contributed by atoms with Gasteiger partial charge in [0, 0.05) is 15.6 Å². The van der Waals surface area contributed by atoms with Gasteiger partial charge < -0.3 is 9.47 Å². The van der Waals surface area contributed by atoms with Gasteiger partial charge in [0.25, 0.3) is 11.8 Å². The van der Waals surface area contributed by atoms with Gasteiger partial charge in [0.15, 0.2) is 11.5 Å². The highest BCUT2D eigenvalue weighted by Crippen LogP contribution is 2.36. The summed E-state index contributed by atoms with van der Waals surface area (Å²) in [5, 5.41) is 3.18. The molecule has 36 heavy (non-hydrogen) atoms. The van der Waals surface area contributed by atoms with Crippen LogP contribution in [0, 0.1) is 10.5 Å². The molecular weight excluding hydrogens is 618 g/mol. The van der Waals surface area contributed by atoms with Crippen molar-refractivity contribution in [2.24, 2.45) is 0 Å². The van der Waals surface area contributed by atoms with Crippen LogP contribution in [0.5, 0.6) is 11.5 Å². The summed E-state index contributed by atoms with van der Waals surface area (Å²) in [5.74, 6) is -0.675. The van der Waals surface area contributed by atoms with Gasteiger partial charge in [-0.15, -0.1) is 0 Å². The maximum atomic E-state index is 13.2. The zero-order valence-electron chi connectivity index (χ0n) is 19.1. The van der Waals surface area contributed by atoms with Crippen LogP contribution in [0.25, 0.3) is 6.08 Å². The second-order valence-corrected chi connectivity index (χ2v) is 9.79. The molecule has 0 unspecified atom stereocenters. The number of rotatable bonds is 6. The van der Waals surface area contributed by atoms with E-state index in [1.54, 1.807) is 54.6 Å². The number of ether oxygens (including phenoxy) is 2. The first kappa shape index (κ1) is 26.0. The van der Waals surface area contributed by atoms with Gasteiger partial charge in [-0.05, 0) is 77.6 Å². The Hall–Kier alpha value is -3.08. The fourth-order valence-electron chi connectivity index (χ4n) is 3.53. The molecule has 0 aliphatic carbocycles. The van der Waals surface area contributed by atoms with E-state index in [-0.39, 0.29) is 12.2 Å². The van der Waals surface area contributed by atoms with Crippen LogP contribution in [-0.2, 0) is 16.2 Å². The molecule has 0 radical (unpaired) electrons. The van der Waals surface area contributed by atoms with E-state index in [4.69, 9.17) is 32.7 Å². The first-order valence-corrected chi connectivity index (χ1v) is 12.4. The van der Waals surface area contributed by atoms with Gasteiger partial charge in [-0.2, -0.15) is 0 Å². The van der Waals surface area contributed by atoms with Gasteiger partial charge in [-0.25, -0.2) is 9.69 Å². The second kappa shape index (κ2) is 10.9. The Morgan fingerprint density at radius 3 is 2.33 bits per heavy atom. The molecule has 7 nitrogen and oxygen atoms in total. The minimum atomic E-state index is -0.805. The summed E-state index contributed by atoms with van der Waals surface area (Å²) in [7, 11) is 1.48. The van der Waals surface area contributed by atoms with Crippen molar-refractivity contribution in [3.05, 3.63) is 90.5 Å². The maximum Gasteiger partial charge on any atom is 0.335 e. The lowest BCUT2D eigenvalue weighted by molar-refractivity contribution is -0.122. The van der Waals surface area contributed by atoms with E-state index in [2.05, 4.69) is 27.9 Å². The average molecular weight is 637 g/mol. The van der Waals surface area contributed by atoms with E-state index in [0.717, 1.165) is 10.5 Å². The molecule has 1 N–H and O–H groups in total. The molecule has 1 saturated heterocycles. The largest absolute Gasteiger partial charge is 0.493 e. The third-order valence-electron chi connectivity index (χ3n) is 5.38. The van der Waals surface area contributed by atoms with Crippen molar-refractivity contribution in [2.45, 2.75) is 13.5 Å². The van der Waals surface area contributed by atoms with Crippen LogP contribution < -0.4 is 19.7 Å². The third kappa shape index (κ3) is 5.35. The number of methoxy groups -OCH3 is 1. The summed E-state index contributed by atoms with van der Waals surface area (Å²) in [6.45, 7) is 2.00. The quantitative estimate of drug-likeness (QED) is 0.199. The number of carbonyl (C=O) groups is 3. The molecule has 184 valence electrons. The van der Waals surface area contributed by atoms with E-state index in [0.29, 0.717) is 41.9 Å². The topological polar surface area (TPSA) is 84.9 Å². The molecule has 0 aromatic heterocycles. The fraction of sp³-hybridized carbons (Fsp3) is 0.115. The van der Waals surface area contributed by atoms with Gasteiger partial charge >= 0.3 is 6.03 Å². The Bertz CT molecular complexity index is 1390. The summed E-state index contributed by atoms with van der Waals surface area (Å²) in [6.07, 6.45) is 1.41. The Kier molecular flexibility index (Phi) is 7.87. The van der Waals surface area contributed by atoms with Crippen LogP contribution in [0.1, 0.15) is 16.7 Å². The SMILES string of the molecule is COc1cc(/C=C2\C(=O)NC(=O)N(c3ccc(C)cc3)C2=O)cc(I)c1OCc1c(Cl)cccc1Cl. The minimum absolute atomic E-state index is 0.111. The number of urea groups is 1. The number of halogens is 3. The lowest BCUT2D eigenvalue weighted by atomic mass is 10.1. The molecule has 1 heterocycles. The lowest BCUT2D eigenvalue weighted by Gasteiger charge is -2.26. The average Bonchev–Trinajstić information content (AvgIpc) is 2.83. The zero-order valence-corrected chi connectivity index (χ0v) is 22.8. The molecule has 0 atom stereocenters. The van der Waals surface area contributed by atoms with Gasteiger partial charge in [0.05, 0.1) is 16.4 Å². The van der Waals surface area contributed by atoms with Crippen LogP contribution in [0.2, 0.25) is 10.0 Å². The predicted octanol–water partition coefficient (Wildman–Crippen LogP) is 6.16. The summed E-state index contributed by atoms with van der Waals surface area (Å²) in [4.78, 5) is 39.1. The predicted molar refractivity (Wildman–Crippen MR) is 147 cm³/mol. The summed E-state index contributed by atoms with van der Waals surface area (Å²) >= 11 is 14.6. The number of nitrogens with one attached hydrogen (secondary N) is 1. The number of hydrogen-bond acceptors (Lipinski definition) is 5. The molecule has 3 aromatic carbocycles. The van der Waals surface area contributed by atoms with Crippen LogP contribution in [0.3, 0.4) is 0 Å². The molecule has 3 aromatic rings. The molecule has 0 spiro atoms. The number of anilines is 1. The number of imide groups is 2. The molecule has 0 bridgehead atoms. The Balaban J connectivity index is 1.65. The highest BCUT2D eigenvalue weighted by atomic mass is 127. The standard InChI is InChI=1S/C26H19Cl2IN2O5/c1-14-6-8-16(9-7-14)31-25(33)17(24(32)30-26(31)34)10-15-11-21(29)23(22(12-15)35-2)36-13-18-19(27)4-3-5-20(18)28/h3-12H,13H2,1-2H3,(H,30,32,34)/b17-10+. The molecule has 4 amide bonds. The third-order valence-corrected chi connectivity index (χ3v) is 6.89. The molecule has 1 aliphatic rings. The number of benzene rings is 3. The number of nitrogens with zero attached hydrogens (tertiary/aromatic N) is 1. The first-order chi connectivity index (χ1) is 17.2. The van der Waals surface area contributed by atoms with E-state index in [1.165, 1.54) is 13.2 Å². The molecule has 0 saturated carbocycles. The second-order valence-electron chi connectivity index (χ2n) is 7.82. The van der Waals surface area contributed by atoms with Crippen molar-refractivity contribution in [2.75, 3.05) is 12.0 Å². The highest BCUT2D eigenvalue weighted by Gasteiger charge is 2.36. The van der Waals surface area contributed by atoms with E-state index < -0.39 is 17.8 Å². The number of amides is 4. The van der Waals surface area contributed by atoms with E-state index >= 15 is 0 Å². The molecule has 1 aliphatic heterocycles. The van der Waals surface area contributed by atoms with Gasteiger partial charge in [0.1, 0.15) is 12.2 Å². The smallest absolute Gasteiger partial charge is 0.335 e. The van der Waals surface area contributed by atoms with E-state index in [1.807, 2.05) is 6.92 Å².